The van der Waals surface area contributed by atoms with Crippen LogP contribution in [0.2, 0.25) is 0 Å². The monoisotopic (exact) mass is 365 g/mol. The number of carbonyl (C=O) groups is 1. The Morgan fingerprint density at radius 2 is 1.89 bits per heavy atom. The molecule has 0 bridgehead atoms. The molecule has 6 nitrogen and oxygen atoms in total. The summed E-state index contributed by atoms with van der Waals surface area (Å²) in [5, 5.41) is 0. The van der Waals surface area contributed by atoms with Gasteiger partial charge in [-0.05, 0) is 44.0 Å². The van der Waals surface area contributed by atoms with Crippen LogP contribution in [0, 0.1) is 6.92 Å². The number of amides is 1. The summed E-state index contributed by atoms with van der Waals surface area (Å²) in [5.41, 5.74) is 3.36. The van der Waals surface area contributed by atoms with Crippen molar-refractivity contribution in [3.05, 3.63) is 53.3 Å². The number of carbonyl (C=O) groups excluding carboxylic acids is 1. The Bertz CT molecular complexity index is 937. The molecule has 1 unspecified atom stereocenters. The number of fused-ring (bicyclic) bond motifs is 1. The van der Waals surface area contributed by atoms with Gasteiger partial charge in [0.25, 0.3) is 5.91 Å². The van der Waals surface area contributed by atoms with E-state index in [-0.39, 0.29) is 11.9 Å². The van der Waals surface area contributed by atoms with E-state index in [2.05, 4.69) is 4.98 Å². The minimum absolute atomic E-state index is 0.0328. The van der Waals surface area contributed by atoms with E-state index in [1.54, 1.807) is 26.4 Å². The molecule has 0 saturated carbocycles. The first kappa shape index (κ1) is 17.4. The average molecular weight is 365 g/mol. The molecule has 3 aromatic rings. The number of benzene rings is 2. The third-order valence-electron chi connectivity index (χ3n) is 5.24. The summed E-state index contributed by atoms with van der Waals surface area (Å²) in [4.78, 5) is 23.2. The standard InChI is InChI=1S/C21H23N3O3/c1-13-18(26-2)11-14(12-19(13)27-3)21(25)24-10-6-9-17(24)20-22-15-7-4-5-8-16(15)23-20/h4-5,7-8,11-12,17H,6,9-10H2,1-3H3,(H,22,23). The highest BCUT2D eigenvalue weighted by atomic mass is 16.5. The van der Waals surface area contributed by atoms with Gasteiger partial charge in [0.1, 0.15) is 17.3 Å². The smallest absolute Gasteiger partial charge is 0.254 e. The summed E-state index contributed by atoms with van der Waals surface area (Å²) < 4.78 is 10.8. The van der Waals surface area contributed by atoms with Gasteiger partial charge >= 0.3 is 0 Å². The lowest BCUT2D eigenvalue weighted by Gasteiger charge is -2.24. The maximum absolute atomic E-state index is 13.3. The minimum atomic E-state index is -0.0526. The maximum Gasteiger partial charge on any atom is 0.254 e. The van der Waals surface area contributed by atoms with Gasteiger partial charge in [0, 0.05) is 17.7 Å². The van der Waals surface area contributed by atoms with Gasteiger partial charge in [-0.15, -0.1) is 0 Å². The van der Waals surface area contributed by atoms with Crippen molar-refractivity contribution in [2.75, 3.05) is 20.8 Å². The fraction of sp³-hybridized carbons (Fsp3) is 0.333. The van der Waals surface area contributed by atoms with Gasteiger partial charge in [-0.2, -0.15) is 0 Å². The lowest BCUT2D eigenvalue weighted by Crippen LogP contribution is -2.31. The fourth-order valence-electron chi connectivity index (χ4n) is 3.80. The van der Waals surface area contributed by atoms with E-state index in [1.165, 1.54) is 0 Å². The molecule has 4 rings (SSSR count). The molecule has 27 heavy (non-hydrogen) atoms. The second-order valence-electron chi connectivity index (χ2n) is 6.80. The molecular weight excluding hydrogens is 342 g/mol. The molecule has 1 N–H and O–H groups in total. The van der Waals surface area contributed by atoms with Crippen LogP contribution < -0.4 is 9.47 Å². The Kier molecular flexibility index (Phi) is 4.48. The fourth-order valence-corrected chi connectivity index (χ4v) is 3.80. The Hall–Kier alpha value is -3.02. The number of methoxy groups -OCH3 is 2. The number of likely N-dealkylation sites (tertiary alicyclic amines) is 1. The first-order valence-corrected chi connectivity index (χ1v) is 9.10. The van der Waals surface area contributed by atoms with Crippen LogP contribution in [0.4, 0.5) is 0 Å². The zero-order chi connectivity index (χ0) is 19.0. The number of rotatable bonds is 4. The van der Waals surface area contributed by atoms with Crippen LogP contribution >= 0.6 is 0 Å². The van der Waals surface area contributed by atoms with Gasteiger partial charge in [0.05, 0.1) is 31.3 Å². The van der Waals surface area contributed by atoms with Crippen molar-refractivity contribution in [1.82, 2.24) is 14.9 Å². The molecule has 2 heterocycles. The van der Waals surface area contributed by atoms with Crippen molar-refractivity contribution in [3.8, 4) is 11.5 Å². The number of H-pyrrole nitrogens is 1. The van der Waals surface area contributed by atoms with Gasteiger partial charge < -0.3 is 19.4 Å². The molecule has 1 aliphatic heterocycles. The second kappa shape index (κ2) is 6.95. The number of imidazole rings is 1. The highest BCUT2D eigenvalue weighted by Gasteiger charge is 2.33. The number of aromatic nitrogens is 2. The summed E-state index contributed by atoms with van der Waals surface area (Å²) in [6.45, 7) is 2.62. The maximum atomic E-state index is 13.3. The second-order valence-corrected chi connectivity index (χ2v) is 6.80. The molecule has 1 saturated heterocycles. The normalized spacial score (nSPS) is 16.7. The van der Waals surface area contributed by atoms with Crippen LogP contribution in [0.3, 0.4) is 0 Å². The first-order valence-electron chi connectivity index (χ1n) is 9.10. The largest absolute Gasteiger partial charge is 0.496 e. The number of nitrogens with one attached hydrogen (secondary N) is 1. The van der Waals surface area contributed by atoms with Gasteiger partial charge in [-0.3, -0.25) is 4.79 Å². The summed E-state index contributed by atoms with van der Waals surface area (Å²) >= 11 is 0. The molecule has 1 atom stereocenters. The number of ether oxygens (including phenoxy) is 2. The zero-order valence-corrected chi connectivity index (χ0v) is 15.8. The predicted octanol–water partition coefficient (Wildman–Crippen LogP) is 3.87. The third kappa shape index (κ3) is 3.01. The quantitative estimate of drug-likeness (QED) is 0.762. The van der Waals surface area contributed by atoms with Crippen molar-refractivity contribution in [2.45, 2.75) is 25.8 Å². The van der Waals surface area contributed by atoms with E-state index in [9.17, 15) is 4.79 Å². The van der Waals surface area contributed by atoms with E-state index >= 15 is 0 Å². The molecule has 1 aliphatic rings. The summed E-state index contributed by atoms with van der Waals surface area (Å²) in [6.07, 6.45) is 1.85. The van der Waals surface area contributed by atoms with Crippen molar-refractivity contribution >= 4 is 16.9 Å². The van der Waals surface area contributed by atoms with Crippen molar-refractivity contribution in [3.63, 3.8) is 0 Å². The zero-order valence-electron chi connectivity index (χ0n) is 15.8. The van der Waals surface area contributed by atoms with E-state index in [1.807, 2.05) is 36.1 Å². The van der Waals surface area contributed by atoms with Crippen molar-refractivity contribution < 1.29 is 14.3 Å². The number of nitrogens with zero attached hydrogens (tertiary/aromatic N) is 2. The van der Waals surface area contributed by atoms with E-state index in [0.29, 0.717) is 23.6 Å². The van der Waals surface area contributed by atoms with Gasteiger partial charge in [-0.1, -0.05) is 12.1 Å². The topological polar surface area (TPSA) is 67.5 Å². The van der Waals surface area contributed by atoms with Gasteiger partial charge in [0.2, 0.25) is 0 Å². The highest BCUT2D eigenvalue weighted by molar-refractivity contribution is 5.96. The number of para-hydroxylation sites is 2. The Labute approximate surface area is 158 Å². The number of hydrogen-bond acceptors (Lipinski definition) is 4. The molecule has 0 aliphatic carbocycles. The van der Waals surface area contributed by atoms with Crippen LogP contribution in [0.1, 0.15) is 40.6 Å². The number of hydrogen-bond donors (Lipinski definition) is 1. The molecule has 0 radical (unpaired) electrons. The average Bonchev–Trinajstić information content (AvgIpc) is 3.34. The third-order valence-corrected chi connectivity index (χ3v) is 5.24. The highest BCUT2D eigenvalue weighted by Crippen LogP contribution is 2.35. The van der Waals surface area contributed by atoms with E-state index < -0.39 is 0 Å². The molecule has 1 fully saturated rings. The molecular formula is C21H23N3O3. The van der Waals surface area contributed by atoms with Crippen LogP contribution in [0.25, 0.3) is 11.0 Å². The summed E-state index contributed by atoms with van der Waals surface area (Å²) in [7, 11) is 3.20. The Morgan fingerprint density at radius 1 is 1.19 bits per heavy atom. The van der Waals surface area contributed by atoms with E-state index in [4.69, 9.17) is 14.5 Å². The summed E-state index contributed by atoms with van der Waals surface area (Å²) in [6, 6.07) is 11.4. The lowest BCUT2D eigenvalue weighted by molar-refractivity contribution is 0.0730. The molecule has 2 aromatic carbocycles. The Balaban J connectivity index is 1.68. The molecule has 0 spiro atoms. The van der Waals surface area contributed by atoms with Crippen LogP contribution in [0.5, 0.6) is 11.5 Å². The first-order chi connectivity index (χ1) is 13.1. The van der Waals surface area contributed by atoms with Crippen molar-refractivity contribution in [2.24, 2.45) is 0 Å². The molecule has 1 aromatic heterocycles. The van der Waals surface area contributed by atoms with Crippen LogP contribution in [-0.4, -0.2) is 41.5 Å². The molecule has 1 amide bonds. The number of aromatic amines is 1. The van der Waals surface area contributed by atoms with Crippen LogP contribution in [0.15, 0.2) is 36.4 Å². The van der Waals surface area contributed by atoms with Crippen molar-refractivity contribution in [1.29, 1.82) is 0 Å². The molecule has 6 heteroatoms. The lowest BCUT2D eigenvalue weighted by atomic mass is 10.1. The van der Waals surface area contributed by atoms with Gasteiger partial charge in [0.15, 0.2) is 0 Å². The Morgan fingerprint density at radius 3 is 2.56 bits per heavy atom. The van der Waals surface area contributed by atoms with E-state index in [0.717, 1.165) is 35.3 Å². The van der Waals surface area contributed by atoms with Gasteiger partial charge in [-0.25, -0.2) is 4.98 Å². The predicted molar refractivity (Wildman–Crippen MR) is 103 cm³/mol. The van der Waals surface area contributed by atoms with Crippen LogP contribution in [-0.2, 0) is 0 Å². The molecule has 140 valence electrons. The SMILES string of the molecule is COc1cc(C(=O)N2CCCC2c2nc3ccccc3[nH]2)cc(OC)c1C. The minimum Gasteiger partial charge on any atom is -0.496 e. The summed E-state index contributed by atoms with van der Waals surface area (Å²) in [5.74, 6) is 2.11.